The molecular weight excluding hydrogens is 218 g/mol. The smallest absolute Gasteiger partial charge is 0.223 e. The highest BCUT2D eigenvalue weighted by Crippen LogP contribution is 2.10. The number of rotatable bonds is 6. The molecule has 0 spiro atoms. The summed E-state index contributed by atoms with van der Waals surface area (Å²) in [7, 11) is 3.78. The molecule has 1 unspecified atom stereocenters. The molecule has 5 nitrogen and oxygen atoms in total. The largest absolute Gasteiger partial charge is 0.380 e. The highest BCUT2D eigenvalue weighted by Gasteiger charge is 2.20. The molecule has 0 aliphatic carbocycles. The lowest BCUT2D eigenvalue weighted by atomic mass is 10.2. The summed E-state index contributed by atoms with van der Waals surface area (Å²) in [5, 5.41) is 8.45. The van der Waals surface area contributed by atoms with Crippen molar-refractivity contribution in [3.05, 3.63) is 0 Å². The molecule has 0 saturated carbocycles. The fourth-order valence-electron chi connectivity index (χ4n) is 1.86. The first-order chi connectivity index (χ1) is 8.15. The van der Waals surface area contributed by atoms with Crippen molar-refractivity contribution < 1.29 is 9.53 Å². The SMILES string of the molecule is CN(CCC#N)C(=O)CCN(C)C1CCOC1. The number of carbonyl (C=O) groups excluding carboxylic acids is 1. The fraction of sp³-hybridized carbons (Fsp3) is 0.833. The second kappa shape index (κ2) is 7.25. The molecule has 1 heterocycles. The van der Waals surface area contributed by atoms with E-state index in [9.17, 15) is 4.79 Å². The van der Waals surface area contributed by atoms with Gasteiger partial charge in [0.1, 0.15) is 0 Å². The van der Waals surface area contributed by atoms with Gasteiger partial charge in [-0.3, -0.25) is 4.79 Å². The van der Waals surface area contributed by atoms with Crippen molar-refractivity contribution in [1.82, 2.24) is 9.80 Å². The number of hydrogen-bond acceptors (Lipinski definition) is 4. The molecule has 1 rings (SSSR count). The maximum atomic E-state index is 11.7. The Balaban J connectivity index is 2.20. The second-order valence-corrected chi connectivity index (χ2v) is 4.47. The van der Waals surface area contributed by atoms with Crippen LogP contribution in [-0.2, 0) is 9.53 Å². The molecule has 5 heteroatoms. The van der Waals surface area contributed by atoms with Crippen LogP contribution in [0.3, 0.4) is 0 Å². The van der Waals surface area contributed by atoms with Gasteiger partial charge in [-0.05, 0) is 13.5 Å². The first kappa shape index (κ1) is 13.9. The topological polar surface area (TPSA) is 56.6 Å². The van der Waals surface area contributed by atoms with E-state index in [4.69, 9.17) is 10.00 Å². The van der Waals surface area contributed by atoms with Crippen LogP contribution in [0.25, 0.3) is 0 Å². The van der Waals surface area contributed by atoms with E-state index in [0.29, 0.717) is 25.4 Å². The highest BCUT2D eigenvalue weighted by molar-refractivity contribution is 5.76. The summed E-state index contributed by atoms with van der Waals surface area (Å²) >= 11 is 0. The van der Waals surface area contributed by atoms with Crippen LogP contribution in [0.2, 0.25) is 0 Å². The van der Waals surface area contributed by atoms with Gasteiger partial charge in [-0.25, -0.2) is 0 Å². The van der Waals surface area contributed by atoms with Gasteiger partial charge < -0.3 is 14.5 Å². The third-order valence-corrected chi connectivity index (χ3v) is 3.19. The van der Waals surface area contributed by atoms with E-state index < -0.39 is 0 Å². The standard InChI is InChI=1S/C12H21N3O2/c1-14(11-5-9-17-10-11)8-4-12(16)15(2)7-3-6-13/h11H,3-5,7-10H2,1-2H3. The van der Waals surface area contributed by atoms with Crippen molar-refractivity contribution in [2.45, 2.75) is 25.3 Å². The van der Waals surface area contributed by atoms with Crippen LogP contribution in [0.1, 0.15) is 19.3 Å². The maximum absolute atomic E-state index is 11.7. The van der Waals surface area contributed by atoms with Crippen LogP contribution in [0.4, 0.5) is 0 Å². The first-order valence-corrected chi connectivity index (χ1v) is 6.04. The molecular formula is C12H21N3O2. The number of ether oxygens (including phenoxy) is 1. The number of carbonyl (C=O) groups is 1. The molecule has 1 amide bonds. The van der Waals surface area contributed by atoms with Gasteiger partial charge in [-0.2, -0.15) is 5.26 Å². The minimum atomic E-state index is 0.103. The molecule has 1 aliphatic rings. The molecule has 0 bridgehead atoms. The van der Waals surface area contributed by atoms with Gasteiger partial charge >= 0.3 is 0 Å². The molecule has 1 atom stereocenters. The van der Waals surface area contributed by atoms with Crippen molar-refractivity contribution in [2.75, 3.05) is 40.4 Å². The predicted octanol–water partition coefficient (Wildman–Crippen LogP) is 0.469. The summed E-state index contributed by atoms with van der Waals surface area (Å²) in [6.07, 6.45) is 1.96. The van der Waals surface area contributed by atoms with Gasteiger partial charge in [0.25, 0.3) is 0 Å². The molecule has 0 N–H and O–H groups in total. The Bertz CT molecular complexity index is 282. The van der Waals surface area contributed by atoms with Crippen LogP contribution in [0.15, 0.2) is 0 Å². The highest BCUT2D eigenvalue weighted by atomic mass is 16.5. The van der Waals surface area contributed by atoms with Crippen LogP contribution in [-0.4, -0.2) is 62.1 Å². The summed E-state index contributed by atoms with van der Waals surface area (Å²) < 4.78 is 5.31. The lowest BCUT2D eigenvalue weighted by molar-refractivity contribution is -0.130. The lowest BCUT2D eigenvalue weighted by Crippen LogP contribution is -2.36. The van der Waals surface area contributed by atoms with Crippen LogP contribution >= 0.6 is 0 Å². The van der Waals surface area contributed by atoms with Crippen molar-refractivity contribution >= 4 is 5.91 Å². The van der Waals surface area contributed by atoms with E-state index in [2.05, 4.69) is 4.90 Å². The van der Waals surface area contributed by atoms with E-state index in [0.717, 1.165) is 26.2 Å². The zero-order chi connectivity index (χ0) is 12.7. The van der Waals surface area contributed by atoms with Crippen molar-refractivity contribution in [3.63, 3.8) is 0 Å². The van der Waals surface area contributed by atoms with Crippen LogP contribution in [0.5, 0.6) is 0 Å². The number of hydrogen-bond donors (Lipinski definition) is 0. The van der Waals surface area contributed by atoms with Gasteiger partial charge in [0.15, 0.2) is 0 Å². The molecule has 0 aromatic rings. The fourth-order valence-corrected chi connectivity index (χ4v) is 1.86. The summed E-state index contributed by atoms with van der Waals surface area (Å²) in [5.41, 5.74) is 0. The Morgan fingerprint density at radius 2 is 2.24 bits per heavy atom. The molecule has 0 radical (unpaired) electrons. The Hall–Kier alpha value is -1.12. The molecule has 1 saturated heterocycles. The van der Waals surface area contributed by atoms with Gasteiger partial charge in [0, 0.05) is 39.2 Å². The molecule has 1 fully saturated rings. The van der Waals surface area contributed by atoms with E-state index in [1.807, 2.05) is 13.1 Å². The quantitative estimate of drug-likeness (QED) is 0.676. The van der Waals surface area contributed by atoms with Gasteiger partial charge in [0.2, 0.25) is 5.91 Å². The number of nitriles is 1. The van der Waals surface area contributed by atoms with Crippen molar-refractivity contribution in [2.24, 2.45) is 0 Å². The Labute approximate surface area is 103 Å². The zero-order valence-corrected chi connectivity index (χ0v) is 10.7. The van der Waals surface area contributed by atoms with Crippen molar-refractivity contribution in [3.8, 4) is 6.07 Å². The van der Waals surface area contributed by atoms with Gasteiger partial charge in [0.05, 0.1) is 19.1 Å². The third kappa shape index (κ3) is 4.72. The molecule has 0 aromatic carbocycles. The van der Waals surface area contributed by atoms with E-state index in [-0.39, 0.29) is 5.91 Å². The zero-order valence-electron chi connectivity index (χ0n) is 10.7. The van der Waals surface area contributed by atoms with E-state index in [1.165, 1.54) is 0 Å². The molecule has 17 heavy (non-hydrogen) atoms. The normalized spacial score (nSPS) is 19.3. The Kier molecular flexibility index (Phi) is 5.95. The van der Waals surface area contributed by atoms with Crippen LogP contribution < -0.4 is 0 Å². The minimum absolute atomic E-state index is 0.103. The summed E-state index contributed by atoms with van der Waals surface area (Å²) in [6, 6.07) is 2.49. The maximum Gasteiger partial charge on any atom is 0.223 e. The van der Waals surface area contributed by atoms with Crippen LogP contribution in [0, 0.1) is 11.3 Å². The predicted molar refractivity (Wildman–Crippen MR) is 64.3 cm³/mol. The first-order valence-electron chi connectivity index (χ1n) is 6.04. The van der Waals surface area contributed by atoms with Gasteiger partial charge in [-0.15, -0.1) is 0 Å². The summed E-state index contributed by atoms with van der Waals surface area (Å²) in [6.45, 7) is 2.87. The number of amides is 1. The van der Waals surface area contributed by atoms with E-state index in [1.54, 1.807) is 11.9 Å². The molecule has 0 aromatic heterocycles. The van der Waals surface area contributed by atoms with Crippen molar-refractivity contribution in [1.29, 1.82) is 5.26 Å². The monoisotopic (exact) mass is 239 g/mol. The number of nitrogens with zero attached hydrogens (tertiary/aromatic N) is 3. The average Bonchev–Trinajstić information content (AvgIpc) is 2.86. The molecule has 1 aliphatic heterocycles. The Morgan fingerprint density at radius 3 is 2.82 bits per heavy atom. The average molecular weight is 239 g/mol. The summed E-state index contributed by atoms with van der Waals surface area (Å²) in [4.78, 5) is 15.5. The van der Waals surface area contributed by atoms with Gasteiger partial charge in [-0.1, -0.05) is 0 Å². The molecule has 96 valence electrons. The van der Waals surface area contributed by atoms with E-state index >= 15 is 0 Å². The minimum Gasteiger partial charge on any atom is -0.380 e. The lowest BCUT2D eigenvalue weighted by Gasteiger charge is -2.23. The third-order valence-electron chi connectivity index (χ3n) is 3.19. The number of likely N-dealkylation sites (N-methyl/N-ethyl adjacent to an activating group) is 1. The summed E-state index contributed by atoms with van der Waals surface area (Å²) in [5.74, 6) is 0.103. The Morgan fingerprint density at radius 1 is 1.47 bits per heavy atom. The second-order valence-electron chi connectivity index (χ2n) is 4.47.